The molecule has 2 aromatic rings. The van der Waals surface area contributed by atoms with Gasteiger partial charge in [0.1, 0.15) is 0 Å². The minimum atomic E-state index is 0.0321. The Labute approximate surface area is 161 Å². The summed E-state index contributed by atoms with van der Waals surface area (Å²) >= 11 is 0. The molecule has 4 heteroatoms. The lowest BCUT2D eigenvalue weighted by Crippen LogP contribution is -2.51. The fraction of sp³-hybridized carbons (Fsp3) is 0.435. The van der Waals surface area contributed by atoms with Gasteiger partial charge in [-0.2, -0.15) is 0 Å². The molecule has 1 fully saturated rings. The highest BCUT2D eigenvalue weighted by atomic mass is 16.5. The van der Waals surface area contributed by atoms with Crippen LogP contribution in [0.3, 0.4) is 0 Å². The molecule has 0 saturated carbocycles. The van der Waals surface area contributed by atoms with Crippen LogP contribution in [0.1, 0.15) is 49.4 Å². The third kappa shape index (κ3) is 4.01. The normalized spacial score (nSPS) is 27.7. The third-order valence-corrected chi connectivity index (χ3v) is 5.72. The van der Waals surface area contributed by atoms with Crippen LogP contribution in [0.5, 0.6) is 0 Å². The highest BCUT2D eigenvalue weighted by Gasteiger charge is 2.33. The molecule has 4 nitrogen and oxygen atoms in total. The van der Waals surface area contributed by atoms with E-state index >= 15 is 0 Å². The van der Waals surface area contributed by atoms with Gasteiger partial charge in [-0.3, -0.25) is 0 Å². The van der Waals surface area contributed by atoms with Crippen LogP contribution < -0.4 is 5.32 Å². The lowest BCUT2D eigenvalue weighted by atomic mass is 9.90. The van der Waals surface area contributed by atoms with Crippen molar-refractivity contribution in [3.63, 3.8) is 0 Å². The molecule has 0 radical (unpaired) electrons. The molecule has 1 saturated heterocycles. The van der Waals surface area contributed by atoms with Crippen molar-refractivity contribution in [1.82, 2.24) is 10.2 Å². The minimum Gasteiger partial charge on any atom is -0.375 e. The van der Waals surface area contributed by atoms with E-state index in [1.807, 2.05) is 23.1 Å². The predicted octanol–water partition coefficient (Wildman–Crippen LogP) is 4.45. The largest absolute Gasteiger partial charge is 0.375 e. The number of rotatable bonds is 2. The van der Waals surface area contributed by atoms with Gasteiger partial charge in [0.2, 0.25) is 0 Å². The number of benzene rings is 2. The first-order valence-electron chi connectivity index (χ1n) is 9.94. The number of carbonyl (C=O) groups is 1. The monoisotopic (exact) mass is 364 g/mol. The van der Waals surface area contributed by atoms with E-state index in [0.717, 1.165) is 19.3 Å². The minimum absolute atomic E-state index is 0.0321. The Kier molecular flexibility index (Phi) is 5.17. The second-order valence-corrected chi connectivity index (χ2v) is 7.90. The fourth-order valence-corrected chi connectivity index (χ4v) is 4.49. The number of nitrogens with one attached hydrogen (secondary N) is 1. The van der Waals surface area contributed by atoms with Gasteiger partial charge in [0.25, 0.3) is 0 Å². The molecule has 0 bridgehead atoms. The second-order valence-electron chi connectivity index (χ2n) is 7.90. The second kappa shape index (κ2) is 7.73. The summed E-state index contributed by atoms with van der Waals surface area (Å²) in [6.45, 7) is 4.81. The summed E-state index contributed by atoms with van der Waals surface area (Å²) in [7, 11) is 0. The standard InChI is InChI=1S/C23H28N2O2/c1-16-12-21(13-17(2)27-16)24-23(26)25-15-20-11-7-6-10-19(20)14-22(25)18-8-4-3-5-9-18/h3-11,16-17,21-22H,12-15H2,1-2H3,(H,24,26)/t16-,17-,22+/m1/s1. The molecule has 0 unspecified atom stereocenters. The van der Waals surface area contributed by atoms with E-state index < -0.39 is 0 Å². The van der Waals surface area contributed by atoms with Gasteiger partial charge < -0.3 is 15.0 Å². The van der Waals surface area contributed by atoms with Crippen molar-refractivity contribution in [2.75, 3.05) is 0 Å². The Bertz CT molecular complexity index is 782. The number of amides is 2. The van der Waals surface area contributed by atoms with Gasteiger partial charge in [-0.05, 0) is 49.8 Å². The van der Waals surface area contributed by atoms with E-state index in [1.54, 1.807) is 0 Å². The lowest BCUT2D eigenvalue weighted by molar-refractivity contribution is -0.0409. The lowest BCUT2D eigenvalue weighted by Gasteiger charge is -2.39. The van der Waals surface area contributed by atoms with Crippen molar-refractivity contribution in [3.05, 3.63) is 71.3 Å². The van der Waals surface area contributed by atoms with Crippen LogP contribution in [-0.2, 0) is 17.7 Å². The number of ether oxygens (including phenoxy) is 1. The number of fused-ring (bicyclic) bond motifs is 1. The van der Waals surface area contributed by atoms with Crippen molar-refractivity contribution >= 4 is 6.03 Å². The summed E-state index contributed by atoms with van der Waals surface area (Å²) in [6, 6.07) is 19.1. The predicted molar refractivity (Wildman–Crippen MR) is 106 cm³/mol. The molecule has 0 aliphatic carbocycles. The van der Waals surface area contributed by atoms with Crippen LogP contribution in [0.4, 0.5) is 4.79 Å². The topological polar surface area (TPSA) is 41.6 Å². The molecule has 2 aromatic carbocycles. The van der Waals surface area contributed by atoms with Crippen molar-refractivity contribution in [2.45, 2.75) is 63.9 Å². The van der Waals surface area contributed by atoms with Crippen LogP contribution in [0.15, 0.2) is 54.6 Å². The molecule has 0 aromatic heterocycles. The molecule has 2 amide bonds. The molecule has 27 heavy (non-hydrogen) atoms. The molecule has 2 aliphatic rings. The summed E-state index contributed by atoms with van der Waals surface area (Å²) in [6.07, 6.45) is 2.97. The molecular weight excluding hydrogens is 336 g/mol. The van der Waals surface area contributed by atoms with E-state index in [2.05, 4.69) is 55.6 Å². The number of hydrogen-bond acceptors (Lipinski definition) is 2. The summed E-state index contributed by atoms with van der Waals surface area (Å²) in [5.41, 5.74) is 3.77. The van der Waals surface area contributed by atoms with Crippen LogP contribution in [0, 0.1) is 0 Å². The molecular formula is C23H28N2O2. The zero-order valence-electron chi connectivity index (χ0n) is 16.1. The molecule has 2 heterocycles. The van der Waals surface area contributed by atoms with E-state index in [4.69, 9.17) is 4.74 Å². The smallest absolute Gasteiger partial charge is 0.318 e. The SMILES string of the molecule is C[C@@H]1CC(NC(=O)N2Cc3ccccc3C[C@H]2c2ccccc2)C[C@@H](C)O1. The van der Waals surface area contributed by atoms with Crippen molar-refractivity contribution in [3.8, 4) is 0 Å². The van der Waals surface area contributed by atoms with Crippen LogP contribution in [0.2, 0.25) is 0 Å². The van der Waals surface area contributed by atoms with E-state index in [-0.39, 0.29) is 30.3 Å². The zero-order chi connectivity index (χ0) is 18.8. The Hall–Kier alpha value is -2.33. The quantitative estimate of drug-likeness (QED) is 0.855. The molecule has 1 N–H and O–H groups in total. The van der Waals surface area contributed by atoms with Crippen LogP contribution in [0.25, 0.3) is 0 Å². The van der Waals surface area contributed by atoms with Crippen molar-refractivity contribution in [2.24, 2.45) is 0 Å². The van der Waals surface area contributed by atoms with Gasteiger partial charge in [-0.15, -0.1) is 0 Å². The Morgan fingerprint density at radius 1 is 0.963 bits per heavy atom. The maximum Gasteiger partial charge on any atom is 0.318 e. The maximum atomic E-state index is 13.2. The average molecular weight is 364 g/mol. The zero-order valence-corrected chi connectivity index (χ0v) is 16.1. The number of carbonyl (C=O) groups excluding carboxylic acids is 1. The molecule has 142 valence electrons. The van der Waals surface area contributed by atoms with Crippen molar-refractivity contribution < 1.29 is 9.53 Å². The first-order valence-corrected chi connectivity index (χ1v) is 9.94. The van der Waals surface area contributed by atoms with E-state index in [9.17, 15) is 4.79 Å². The number of nitrogens with zero attached hydrogens (tertiary/aromatic N) is 1. The van der Waals surface area contributed by atoms with Gasteiger partial charge in [0.15, 0.2) is 0 Å². The van der Waals surface area contributed by atoms with Crippen LogP contribution >= 0.6 is 0 Å². The summed E-state index contributed by atoms with van der Waals surface area (Å²) < 4.78 is 5.82. The van der Waals surface area contributed by atoms with Gasteiger partial charge in [0, 0.05) is 12.6 Å². The Morgan fingerprint density at radius 3 is 2.30 bits per heavy atom. The van der Waals surface area contributed by atoms with E-state index in [1.165, 1.54) is 16.7 Å². The van der Waals surface area contributed by atoms with Crippen molar-refractivity contribution in [1.29, 1.82) is 0 Å². The van der Waals surface area contributed by atoms with Gasteiger partial charge >= 0.3 is 6.03 Å². The number of hydrogen-bond donors (Lipinski definition) is 1. The Balaban J connectivity index is 1.57. The van der Waals surface area contributed by atoms with Gasteiger partial charge in [-0.25, -0.2) is 4.79 Å². The van der Waals surface area contributed by atoms with Crippen LogP contribution in [-0.4, -0.2) is 29.2 Å². The first-order chi connectivity index (χ1) is 13.1. The van der Waals surface area contributed by atoms with Gasteiger partial charge in [0.05, 0.1) is 18.2 Å². The first kappa shape index (κ1) is 18.1. The third-order valence-electron chi connectivity index (χ3n) is 5.72. The maximum absolute atomic E-state index is 13.2. The molecule has 3 atom stereocenters. The summed E-state index contributed by atoms with van der Waals surface area (Å²) in [5, 5.41) is 3.29. The number of urea groups is 1. The highest BCUT2D eigenvalue weighted by Crippen LogP contribution is 2.33. The molecule has 4 rings (SSSR count). The fourth-order valence-electron chi connectivity index (χ4n) is 4.49. The average Bonchev–Trinajstić information content (AvgIpc) is 2.67. The van der Waals surface area contributed by atoms with E-state index in [0.29, 0.717) is 6.54 Å². The molecule has 2 aliphatic heterocycles. The highest BCUT2D eigenvalue weighted by molar-refractivity contribution is 5.75. The Morgan fingerprint density at radius 2 is 1.59 bits per heavy atom. The molecule has 0 spiro atoms. The summed E-state index contributed by atoms with van der Waals surface area (Å²) in [5.74, 6) is 0. The summed E-state index contributed by atoms with van der Waals surface area (Å²) in [4.78, 5) is 15.2. The van der Waals surface area contributed by atoms with Gasteiger partial charge in [-0.1, -0.05) is 54.6 Å².